The van der Waals surface area contributed by atoms with Crippen molar-refractivity contribution >= 4 is 31.1 Å². The zero-order valence-corrected chi connectivity index (χ0v) is 6.70. The molecular formula is C7H11MgO2P. The van der Waals surface area contributed by atoms with E-state index in [4.69, 9.17) is 4.52 Å². The summed E-state index contributed by atoms with van der Waals surface area (Å²) in [5.74, 6) is 0.675. The molecule has 1 aromatic rings. The SMILES string of the molecule is C[PH](=O)Oc1ccccc1.[MgH2]. The Kier molecular flexibility index (Phi) is 5.65. The van der Waals surface area contributed by atoms with Crippen LogP contribution in [0.25, 0.3) is 0 Å². The fraction of sp³-hybridized carbons (Fsp3) is 0.143. The van der Waals surface area contributed by atoms with Crippen LogP contribution in [0.1, 0.15) is 0 Å². The van der Waals surface area contributed by atoms with Gasteiger partial charge in [0.15, 0.2) is 0 Å². The second-order valence-corrected chi connectivity index (χ2v) is 3.09. The molecule has 0 amide bonds. The van der Waals surface area contributed by atoms with Crippen molar-refractivity contribution in [3.8, 4) is 5.75 Å². The molecule has 0 saturated carbocycles. The molecule has 0 aliphatic rings. The van der Waals surface area contributed by atoms with Crippen molar-refractivity contribution in [2.75, 3.05) is 6.66 Å². The van der Waals surface area contributed by atoms with Gasteiger partial charge >= 0.3 is 23.1 Å². The molecule has 1 aromatic carbocycles. The van der Waals surface area contributed by atoms with E-state index in [1.54, 1.807) is 18.8 Å². The van der Waals surface area contributed by atoms with Crippen molar-refractivity contribution < 1.29 is 9.09 Å². The van der Waals surface area contributed by atoms with Gasteiger partial charge in [-0.05, 0) is 12.1 Å². The smallest absolute Gasteiger partial charge is 0.316 e. The Balaban J connectivity index is 0.000001000. The van der Waals surface area contributed by atoms with Crippen molar-refractivity contribution in [2.45, 2.75) is 0 Å². The van der Waals surface area contributed by atoms with Crippen LogP contribution in [-0.4, -0.2) is 29.7 Å². The summed E-state index contributed by atoms with van der Waals surface area (Å²) >= 11 is 0. The molecule has 0 heterocycles. The highest BCUT2D eigenvalue weighted by Gasteiger charge is 1.90. The Morgan fingerprint density at radius 3 is 2.27 bits per heavy atom. The number of benzene rings is 1. The summed E-state index contributed by atoms with van der Waals surface area (Å²) in [7, 11) is -1.84. The van der Waals surface area contributed by atoms with E-state index in [9.17, 15) is 4.57 Å². The third-order valence-corrected chi connectivity index (χ3v) is 1.53. The molecule has 1 unspecified atom stereocenters. The van der Waals surface area contributed by atoms with E-state index in [0.717, 1.165) is 0 Å². The highest BCUT2D eigenvalue weighted by molar-refractivity contribution is 7.38. The molecule has 0 radical (unpaired) electrons. The van der Waals surface area contributed by atoms with Gasteiger partial charge < -0.3 is 4.52 Å². The Hall–Kier alpha value is 0.0162. The Bertz CT molecular complexity index is 225. The summed E-state index contributed by atoms with van der Waals surface area (Å²) in [5, 5.41) is 0. The van der Waals surface area contributed by atoms with Crippen molar-refractivity contribution in [2.24, 2.45) is 0 Å². The van der Waals surface area contributed by atoms with Gasteiger partial charge in [-0.3, -0.25) is 4.57 Å². The summed E-state index contributed by atoms with van der Waals surface area (Å²) in [6.07, 6.45) is 0. The Labute approximate surface area is 83.0 Å². The molecule has 0 N–H and O–H groups in total. The zero-order chi connectivity index (χ0) is 7.40. The van der Waals surface area contributed by atoms with E-state index in [-0.39, 0.29) is 23.1 Å². The van der Waals surface area contributed by atoms with Gasteiger partial charge in [0.25, 0.3) is 0 Å². The number of para-hydroxylation sites is 1. The first-order chi connectivity index (χ1) is 4.79. The summed E-state index contributed by atoms with van der Waals surface area (Å²) in [5.41, 5.74) is 0. The molecule has 11 heavy (non-hydrogen) atoms. The minimum Gasteiger partial charge on any atom is -0.445 e. The number of hydrogen-bond donors (Lipinski definition) is 0. The minimum atomic E-state index is -1.84. The van der Waals surface area contributed by atoms with Crippen LogP contribution in [0.3, 0.4) is 0 Å². The second kappa shape index (κ2) is 5.64. The molecule has 0 bridgehead atoms. The largest absolute Gasteiger partial charge is 0.445 e. The van der Waals surface area contributed by atoms with Gasteiger partial charge in [-0.15, -0.1) is 0 Å². The predicted octanol–water partition coefficient (Wildman–Crippen LogP) is 1.25. The van der Waals surface area contributed by atoms with Crippen molar-refractivity contribution in [1.82, 2.24) is 0 Å². The fourth-order valence-corrected chi connectivity index (χ4v) is 1.12. The van der Waals surface area contributed by atoms with Crippen molar-refractivity contribution in [3.63, 3.8) is 0 Å². The predicted molar refractivity (Wildman–Crippen MR) is 50.5 cm³/mol. The van der Waals surface area contributed by atoms with Gasteiger partial charge in [0.2, 0.25) is 8.03 Å². The molecule has 4 heteroatoms. The third kappa shape index (κ3) is 4.46. The van der Waals surface area contributed by atoms with E-state index in [1.165, 1.54) is 0 Å². The van der Waals surface area contributed by atoms with Crippen molar-refractivity contribution in [3.05, 3.63) is 30.3 Å². The molecule has 0 aliphatic carbocycles. The van der Waals surface area contributed by atoms with Gasteiger partial charge in [0, 0.05) is 6.66 Å². The first kappa shape index (κ1) is 11.0. The van der Waals surface area contributed by atoms with E-state index in [0.29, 0.717) is 5.75 Å². The molecular weight excluding hydrogens is 171 g/mol. The molecule has 0 aliphatic heterocycles. The molecule has 0 aromatic heterocycles. The second-order valence-electron chi connectivity index (χ2n) is 1.91. The van der Waals surface area contributed by atoms with Crippen LogP contribution >= 0.6 is 8.03 Å². The minimum absolute atomic E-state index is 0. The molecule has 0 spiro atoms. The van der Waals surface area contributed by atoms with Crippen LogP contribution in [-0.2, 0) is 4.57 Å². The first-order valence-electron chi connectivity index (χ1n) is 3.02. The van der Waals surface area contributed by atoms with Gasteiger partial charge in [-0.2, -0.15) is 0 Å². The molecule has 1 rings (SSSR count). The number of hydrogen-bond acceptors (Lipinski definition) is 2. The summed E-state index contributed by atoms with van der Waals surface area (Å²) < 4.78 is 15.5. The van der Waals surface area contributed by atoms with Gasteiger partial charge in [0.1, 0.15) is 5.75 Å². The van der Waals surface area contributed by atoms with Crippen LogP contribution in [0.15, 0.2) is 30.3 Å². The maximum atomic E-state index is 10.6. The van der Waals surface area contributed by atoms with E-state index in [1.807, 2.05) is 18.2 Å². The van der Waals surface area contributed by atoms with Crippen LogP contribution in [0.2, 0.25) is 0 Å². The Morgan fingerprint density at radius 1 is 1.27 bits per heavy atom. The molecule has 1 atom stereocenters. The highest BCUT2D eigenvalue weighted by atomic mass is 31.1. The molecule has 2 nitrogen and oxygen atoms in total. The standard InChI is InChI=1S/C7H9O2P.Mg.2H/c1-10(8)9-7-5-3-2-4-6-7;;;/h2-6,10H,1H3;;;. The lowest BCUT2D eigenvalue weighted by Crippen LogP contribution is -1.76. The van der Waals surface area contributed by atoms with Crippen LogP contribution in [0, 0.1) is 0 Å². The van der Waals surface area contributed by atoms with Gasteiger partial charge in [-0.25, -0.2) is 0 Å². The summed E-state index contributed by atoms with van der Waals surface area (Å²) in [4.78, 5) is 0. The van der Waals surface area contributed by atoms with E-state index in [2.05, 4.69) is 0 Å². The fourth-order valence-electron chi connectivity index (χ4n) is 0.655. The van der Waals surface area contributed by atoms with E-state index >= 15 is 0 Å². The summed E-state index contributed by atoms with van der Waals surface area (Å²) in [6, 6.07) is 9.15. The lowest BCUT2D eigenvalue weighted by Gasteiger charge is -1.99. The van der Waals surface area contributed by atoms with Crippen LogP contribution in [0.4, 0.5) is 0 Å². The normalized spacial score (nSPS) is 11.4. The quantitative estimate of drug-likeness (QED) is 0.508. The first-order valence-corrected chi connectivity index (χ1v) is 4.84. The zero-order valence-electron chi connectivity index (χ0n) is 5.70. The highest BCUT2D eigenvalue weighted by Crippen LogP contribution is 2.21. The summed E-state index contributed by atoms with van der Waals surface area (Å²) in [6.45, 7) is 1.57. The van der Waals surface area contributed by atoms with Crippen molar-refractivity contribution in [1.29, 1.82) is 0 Å². The molecule has 0 saturated heterocycles. The van der Waals surface area contributed by atoms with E-state index < -0.39 is 8.03 Å². The maximum absolute atomic E-state index is 10.6. The van der Waals surface area contributed by atoms with Gasteiger partial charge in [-0.1, -0.05) is 18.2 Å². The lowest BCUT2D eigenvalue weighted by atomic mass is 10.3. The molecule has 0 fully saturated rings. The molecule has 58 valence electrons. The third-order valence-electron chi connectivity index (χ3n) is 1.00. The lowest BCUT2D eigenvalue weighted by molar-refractivity contribution is 0.511. The van der Waals surface area contributed by atoms with Gasteiger partial charge in [0.05, 0.1) is 0 Å². The van der Waals surface area contributed by atoms with Crippen LogP contribution in [0.5, 0.6) is 5.75 Å². The average Bonchev–Trinajstić information content (AvgIpc) is 1.88. The maximum Gasteiger partial charge on any atom is 0.316 e. The topological polar surface area (TPSA) is 26.3 Å². The number of rotatable bonds is 2. The van der Waals surface area contributed by atoms with Crippen LogP contribution < -0.4 is 4.52 Å². The Morgan fingerprint density at radius 2 is 1.82 bits per heavy atom. The average molecular weight is 182 g/mol. The monoisotopic (exact) mass is 182 g/mol.